The van der Waals surface area contributed by atoms with Gasteiger partial charge in [0, 0.05) is 31.3 Å². The molecule has 0 aliphatic heterocycles. The predicted molar refractivity (Wildman–Crippen MR) is 148 cm³/mol. The number of ketones is 2. The highest BCUT2D eigenvalue weighted by Crippen LogP contribution is 2.54. The molecule has 0 heterocycles. The highest BCUT2D eigenvalue weighted by atomic mass is 16.5. The summed E-state index contributed by atoms with van der Waals surface area (Å²) < 4.78 is 5.83. The van der Waals surface area contributed by atoms with Crippen LogP contribution in [-0.4, -0.2) is 94.8 Å². The molecule has 11 heteroatoms. The fourth-order valence-corrected chi connectivity index (χ4v) is 6.40. The van der Waals surface area contributed by atoms with Gasteiger partial charge in [0.1, 0.15) is 22.8 Å². The van der Waals surface area contributed by atoms with Gasteiger partial charge in [0.25, 0.3) is 5.91 Å². The Morgan fingerprint density at radius 1 is 1.15 bits per heavy atom. The lowest BCUT2D eigenvalue weighted by atomic mass is 9.57. The number of rotatable bonds is 6. The van der Waals surface area contributed by atoms with Gasteiger partial charge in [0.15, 0.2) is 11.4 Å². The van der Waals surface area contributed by atoms with Crippen molar-refractivity contribution < 1.29 is 39.5 Å². The summed E-state index contributed by atoms with van der Waals surface area (Å²) in [4.78, 5) is 42.7. The number of Topliss-reactive ketones (excluding diaryl/α,β-unsaturated/α-hetero) is 2. The minimum atomic E-state index is -2.66. The Kier molecular flexibility index (Phi) is 7.32. The average molecular weight is 558 g/mol. The number of anilines is 1. The maximum atomic E-state index is 14.0. The molecule has 6 N–H and O–H groups in total. The van der Waals surface area contributed by atoms with Gasteiger partial charge in [-0.05, 0) is 77.2 Å². The first-order chi connectivity index (χ1) is 18.4. The Morgan fingerprint density at radius 2 is 1.77 bits per heavy atom. The van der Waals surface area contributed by atoms with Crippen LogP contribution in [0.2, 0.25) is 0 Å². The molecular formula is C29H39N3O8. The number of aliphatic hydroxyl groups excluding tert-OH is 2. The standard InChI is InChI=1S/C29H39N3O8/c1-28(2,3)40-9-8-13-12-17(31(4)5)15-10-14-11-16-21(32(6)7)24(35)20(27(30)38)26(37)29(16,39)25(36)18(14)23(34)19(15)22(13)33/h12,14,16,21,33-34,37,39H,8-11H2,1-7H3,(H2,30,38). The summed E-state index contributed by atoms with van der Waals surface area (Å²) >= 11 is 0. The number of nitrogens with two attached hydrogens (primary N) is 1. The van der Waals surface area contributed by atoms with Gasteiger partial charge in [-0.25, -0.2) is 0 Å². The van der Waals surface area contributed by atoms with Crippen LogP contribution in [0.25, 0.3) is 5.76 Å². The average Bonchev–Trinajstić information content (AvgIpc) is 2.81. The third-order valence-electron chi connectivity index (χ3n) is 8.16. The van der Waals surface area contributed by atoms with E-state index in [1.54, 1.807) is 14.1 Å². The van der Waals surface area contributed by atoms with E-state index < -0.39 is 63.6 Å². The first-order valence-electron chi connectivity index (χ1n) is 13.3. The lowest BCUT2D eigenvalue weighted by Crippen LogP contribution is -2.65. The molecule has 1 amide bonds. The summed E-state index contributed by atoms with van der Waals surface area (Å²) in [6.07, 6.45) is 0.607. The van der Waals surface area contributed by atoms with Crippen LogP contribution in [0.1, 0.15) is 43.9 Å². The molecular weight excluding hydrogens is 518 g/mol. The minimum absolute atomic E-state index is 0.0422. The Balaban J connectivity index is 1.91. The summed E-state index contributed by atoms with van der Waals surface area (Å²) in [7, 11) is 6.81. The van der Waals surface area contributed by atoms with Gasteiger partial charge >= 0.3 is 0 Å². The van der Waals surface area contributed by atoms with Crippen molar-refractivity contribution in [1.29, 1.82) is 0 Å². The normalized spacial score (nSPS) is 26.6. The topological polar surface area (TPSA) is 174 Å². The van der Waals surface area contributed by atoms with Crippen LogP contribution in [0.15, 0.2) is 23.0 Å². The summed E-state index contributed by atoms with van der Waals surface area (Å²) in [5.74, 6) is -6.62. The fourth-order valence-electron chi connectivity index (χ4n) is 6.40. The number of ether oxygens (including phenoxy) is 1. The summed E-state index contributed by atoms with van der Waals surface area (Å²) in [5.41, 5.74) is 3.26. The third-order valence-corrected chi connectivity index (χ3v) is 8.16. The van der Waals surface area contributed by atoms with Crippen LogP contribution >= 0.6 is 0 Å². The number of phenols is 1. The number of amides is 1. The lowest BCUT2D eigenvalue weighted by Gasteiger charge is -2.50. The molecule has 0 bridgehead atoms. The van der Waals surface area contributed by atoms with E-state index in [0.29, 0.717) is 24.2 Å². The van der Waals surface area contributed by atoms with Crippen molar-refractivity contribution in [3.05, 3.63) is 39.7 Å². The van der Waals surface area contributed by atoms with Crippen molar-refractivity contribution in [2.75, 3.05) is 39.7 Å². The van der Waals surface area contributed by atoms with Gasteiger partial charge in [-0.15, -0.1) is 0 Å². The largest absolute Gasteiger partial charge is 0.508 e. The summed E-state index contributed by atoms with van der Waals surface area (Å²) in [6.45, 7) is 6.06. The maximum Gasteiger partial charge on any atom is 0.255 e. The molecule has 0 radical (unpaired) electrons. The van der Waals surface area contributed by atoms with Crippen LogP contribution in [0.3, 0.4) is 0 Å². The summed E-state index contributed by atoms with van der Waals surface area (Å²) in [6, 6.07) is 0.712. The van der Waals surface area contributed by atoms with Crippen LogP contribution in [-0.2, 0) is 32.0 Å². The van der Waals surface area contributed by atoms with E-state index in [9.17, 15) is 34.8 Å². The highest BCUT2D eigenvalue weighted by molar-refractivity contribution is 6.24. The van der Waals surface area contributed by atoms with Crippen LogP contribution in [0, 0.1) is 11.8 Å². The zero-order valence-electron chi connectivity index (χ0n) is 24.0. The van der Waals surface area contributed by atoms with Gasteiger partial charge < -0.3 is 35.8 Å². The van der Waals surface area contributed by atoms with Crippen molar-refractivity contribution in [3.8, 4) is 5.75 Å². The zero-order chi connectivity index (χ0) is 30.1. The number of carbonyl (C=O) groups excluding carboxylic acids is 3. The molecule has 4 atom stereocenters. The molecule has 1 aromatic rings. The highest BCUT2D eigenvalue weighted by Gasteiger charge is 2.64. The molecule has 0 saturated heterocycles. The molecule has 1 saturated carbocycles. The maximum absolute atomic E-state index is 14.0. The SMILES string of the molecule is CN(C)c1cc(CCOC(C)(C)C)c(O)c2c1CC1CC3C(N(C)C)C(=O)C(C(N)=O)=C(O)C3(O)C(=O)C1=C2O. The Hall–Kier alpha value is -3.41. The number of phenolic OH excluding ortho intramolecular Hbond substituents is 1. The molecule has 1 aromatic carbocycles. The second kappa shape index (κ2) is 9.90. The zero-order valence-corrected chi connectivity index (χ0v) is 24.0. The van der Waals surface area contributed by atoms with Crippen LogP contribution in [0.4, 0.5) is 5.69 Å². The van der Waals surface area contributed by atoms with E-state index in [1.165, 1.54) is 4.90 Å². The number of aromatic hydroxyl groups is 1. The van der Waals surface area contributed by atoms with E-state index in [0.717, 1.165) is 5.69 Å². The molecule has 11 nitrogen and oxygen atoms in total. The number of fused-ring (bicyclic) bond motifs is 3. The van der Waals surface area contributed by atoms with E-state index in [2.05, 4.69) is 0 Å². The van der Waals surface area contributed by atoms with E-state index in [1.807, 2.05) is 45.8 Å². The molecule has 218 valence electrons. The molecule has 1 fully saturated rings. The second-order valence-electron chi connectivity index (χ2n) is 12.3. The number of benzene rings is 1. The third kappa shape index (κ3) is 4.46. The Morgan fingerprint density at radius 3 is 2.30 bits per heavy atom. The number of carbonyl (C=O) groups is 3. The molecule has 0 aromatic heterocycles. The predicted octanol–water partition coefficient (Wildman–Crippen LogP) is 1.39. The van der Waals surface area contributed by atoms with Gasteiger partial charge in [0.2, 0.25) is 5.78 Å². The number of nitrogens with zero attached hydrogens (tertiary/aromatic N) is 2. The molecule has 0 spiro atoms. The number of likely N-dealkylation sites (N-methyl/N-ethyl adjacent to an activating group) is 1. The first-order valence-corrected chi connectivity index (χ1v) is 13.3. The number of aliphatic hydroxyl groups is 3. The molecule has 3 aliphatic rings. The molecule has 4 rings (SSSR count). The Bertz CT molecular complexity index is 1350. The van der Waals surface area contributed by atoms with Gasteiger partial charge in [-0.2, -0.15) is 0 Å². The van der Waals surface area contributed by atoms with Crippen LogP contribution in [0.5, 0.6) is 5.75 Å². The number of primary amides is 1. The van der Waals surface area contributed by atoms with E-state index in [-0.39, 0.29) is 29.7 Å². The number of hydrogen-bond acceptors (Lipinski definition) is 10. The van der Waals surface area contributed by atoms with E-state index in [4.69, 9.17) is 10.5 Å². The molecule has 40 heavy (non-hydrogen) atoms. The van der Waals surface area contributed by atoms with Crippen molar-refractivity contribution in [3.63, 3.8) is 0 Å². The molecule has 4 unspecified atom stereocenters. The minimum Gasteiger partial charge on any atom is -0.508 e. The van der Waals surface area contributed by atoms with Crippen molar-refractivity contribution in [1.82, 2.24) is 4.90 Å². The smallest absolute Gasteiger partial charge is 0.255 e. The monoisotopic (exact) mass is 557 g/mol. The van der Waals surface area contributed by atoms with Crippen molar-refractivity contribution >= 4 is 28.9 Å². The lowest BCUT2D eigenvalue weighted by molar-refractivity contribution is -0.153. The number of hydrogen-bond donors (Lipinski definition) is 5. The van der Waals surface area contributed by atoms with Gasteiger partial charge in [0.05, 0.1) is 23.8 Å². The van der Waals surface area contributed by atoms with Crippen LogP contribution < -0.4 is 10.6 Å². The summed E-state index contributed by atoms with van der Waals surface area (Å²) in [5, 5.41) is 45.6. The second-order valence-corrected chi connectivity index (χ2v) is 12.3. The van der Waals surface area contributed by atoms with Crippen molar-refractivity contribution in [2.24, 2.45) is 17.6 Å². The quantitative estimate of drug-likeness (QED) is 0.322. The van der Waals surface area contributed by atoms with Gasteiger partial charge in [-0.3, -0.25) is 19.3 Å². The first kappa shape index (κ1) is 29.6. The fraction of sp³-hybridized carbons (Fsp3) is 0.552. The van der Waals surface area contributed by atoms with Gasteiger partial charge in [-0.1, -0.05) is 0 Å². The van der Waals surface area contributed by atoms with E-state index >= 15 is 0 Å². The Labute approximate surface area is 233 Å². The molecule has 3 aliphatic carbocycles. The van der Waals surface area contributed by atoms with Crippen molar-refractivity contribution in [2.45, 2.75) is 57.3 Å².